The molecule has 0 radical (unpaired) electrons. The number of carbonyl (C=O) groups is 1. The van der Waals surface area contributed by atoms with Crippen LogP contribution in [0.3, 0.4) is 0 Å². The molecule has 3 rings (SSSR count). The van der Waals surface area contributed by atoms with Gasteiger partial charge in [0, 0.05) is 21.7 Å². The Labute approximate surface area is 185 Å². The van der Waals surface area contributed by atoms with Crippen LogP contribution in [0.15, 0.2) is 36.4 Å². The van der Waals surface area contributed by atoms with Gasteiger partial charge in [-0.05, 0) is 42.4 Å². The van der Waals surface area contributed by atoms with E-state index in [1.807, 2.05) is 13.0 Å². The number of aliphatic hydroxyl groups excluding tert-OH is 2. The molecular weight excluding hydrogens is 423 g/mol. The normalized spacial score (nSPS) is 16.8. The molecule has 2 aromatic carbocycles. The zero-order valence-corrected chi connectivity index (χ0v) is 18.1. The number of hydrogen-bond donors (Lipinski definition) is 3. The van der Waals surface area contributed by atoms with Gasteiger partial charge in [-0.3, -0.25) is 4.79 Å². The van der Waals surface area contributed by atoms with Crippen molar-refractivity contribution >= 4 is 23.6 Å². The summed E-state index contributed by atoms with van der Waals surface area (Å²) in [6.07, 6.45) is 3.61. The summed E-state index contributed by atoms with van der Waals surface area (Å²) in [5.41, 5.74) is 1.19. The summed E-state index contributed by atoms with van der Waals surface area (Å²) >= 11 is 5.86. The van der Waals surface area contributed by atoms with Gasteiger partial charge in [-0.1, -0.05) is 48.9 Å². The Balaban J connectivity index is 1.82. The smallest absolute Gasteiger partial charge is 0.309 e. The number of methoxy groups -OCH3 is 1. The second-order valence-electron chi connectivity index (χ2n) is 7.88. The van der Waals surface area contributed by atoms with Gasteiger partial charge in [-0.15, -0.1) is 0 Å². The van der Waals surface area contributed by atoms with Crippen molar-refractivity contribution in [3.8, 4) is 5.75 Å². The van der Waals surface area contributed by atoms with E-state index >= 15 is 0 Å². The number of hydrogen-bond acceptors (Lipinski definition) is 5. The number of esters is 1. The molecule has 0 aromatic heterocycles. The Morgan fingerprint density at radius 3 is 2.61 bits per heavy atom. The summed E-state index contributed by atoms with van der Waals surface area (Å²) in [5.74, 6) is -1.04. The van der Waals surface area contributed by atoms with Crippen molar-refractivity contribution in [2.24, 2.45) is 11.8 Å². The number of carbonyl (C=O) groups excluding carboxylic acids is 1. The highest BCUT2D eigenvalue weighted by Gasteiger charge is 2.39. The topological polar surface area (TPSA) is 87.0 Å². The van der Waals surface area contributed by atoms with Crippen molar-refractivity contribution in [2.75, 3.05) is 7.11 Å². The fraction of sp³-hybridized carbons (Fsp3) is 0.375. The van der Waals surface area contributed by atoms with E-state index in [9.17, 15) is 24.5 Å². The molecule has 3 N–H and O–H groups in total. The van der Waals surface area contributed by atoms with Gasteiger partial charge in [0.1, 0.15) is 17.7 Å². The molecule has 0 saturated heterocycles. The van der Waals surface area contributed by atoms with E-state index in [-0.39, 0.29) is 39.7 Å². The molecule has 1 saturated carbocycles. The van der Waals surface area contributed by atoms with Crippen LogP contribution < -0.4 is 0 Å². The van der Waals surface area contributed by atoms with Gasteiger partial charge < -0.3 is 20.1 Å². The van der Waals surface area contributed by atoms with Crippen LogP contribution in [0.2, 0.25) is 5.02 Å². The fourth-order valence-corrected chi connectivity index (χ4v) is 4.16. The summed E-state index contributed by atoms with van der Waals surface area (Å²) in [7, 11) is 1.37. The zero-order chi connectivity index (χ0) is 22.7. The average Bonchev–Trinajstić information content (AvgIpc) is 3.57. The summed E-state index contributed by atoms with van der Waals surface area (Å²) in [4.78, 5) is 12.0. The minimum Gasteiger partial charge on any atom is -0.507 e. The monoisotopic (exact) mass is 448 g/mol. The number of phenols is 1. The van der Waals surface area contributed by atoms with Gasteiger partial charge in [-0.25, -0.2) is 4.39 Å². The van der Waals surface area contributed by atoms with Crippen molar-refractivity contribution in [3.63, 3.8) is 0 Å². The van der Waals surface area contributed by atoms with E-state index in [0.717, 1.165) is 18.4 Å². The first-order valence-electron chi connectivity index (χ1n) is 10.1. The molecule has 5 nitrogen and oxygen atoms in total. The maximum absolute atomic E-state index is 14.5. The Hall–Kier alpha value is -2.41. The van der Waals surface area contributed by atoms with Crippen LogP contribution in [0.1, 0.15) is 54.0 Å². The van der Waals surface area contributed by atoms with E-state index < -0.39 is 18.5 Å². The Morgan fingerprint density at radius 2 is 2.03 bits per heavy atom. The van der Waals surface area contributed by atoms with Gasteiger partial charge in [0.2, 0.25) is 0 Å². The molecule has 3 atom stereocenters. The number of aromatic hydroxyl groups is 1. The summed E-state index contributed by atoms with van der Waals surface area (Å²) in [6, 6.07) is 7.94. The van der Waals surface area contributed by atoms with E-state index in [1.54, 1.807) is 12.1 Å². The van der Waals surface area contributed by atoms with Crippen molar-refractivity contribution in [3.05, 3.63) is 69.5 Å². The summed E-state index contributed by atoms with van der Waals surface area (Å²) < 4.78 is 19.3. The van der Waals surface area contributed by atoms with Gasteiger partial charge in [0.25, 0.3) is 0 Å². The van der Waals surface area contributed by atoms with Gasteiger partial charge in [0.05, 0.1) is 19.6 Å². The van der Waals surface area contributed by atoms with Crippen molar-refractivity contribution in [1.82, 2.24) is 0 Å². The van der Waals surface area contributed by atoms with E-state index in [2.05, 4.69) is 0 Å². The van der Waals surface area contributed by atoms with Crippen LogP contribution >= 0.6 is 11.6 Å². The number of halogens is 2. The largest absolute Gasteiger partial charge is 0.507 e. The molecule has 1 aliphatic carbocycles. The third-order valence-electron chi connectivity index (χ3n) is 5.83. The fourth-order valence-electron chi connectivity index (χ4n) is 3.95. The number of phenolic OH excluding ortho intramolecular Hbond substituents is 1. The predicted molar refractivity (Wildman–Crippen MR) is 116 cm³/mol. The standard InChI is InChI=1S/C24H26ClFO5/c1-13(24(30)31-2)22(15-4-5-15)16-6-3-14(21(29)11-16)7-10-20(28)17-8-9-19(25)18(12-27)23(17)26/h3,6-11,13,15,20,22,27-29H,4-5,12H2,1-2H3/b10-7+/t13-,20?,22-/m0/s1. The van der Waals surface area contributed by atoms with Crippen LogP contribution in [0, 0.1) is 17.7 Å². The van der Waals surface area contributed by atoms with Crippen LogP contribution in [0.5, 0.6) is 5.75 Å². The molecule has 7 heteroatoms. The second-order valence-corrected chi connectivity index (χ2v) is 8.29. The Kier molecular flexibility index (Phi) is 7.36. The molecule has 1 unspecified atom stereocenters. The predicted octanol–water partition coefficient (Wildman–Crippen LogP) is 4.73. The molecule has 0 aliphatic heterocycles. The number of rotatable bonds is 8. The minimum absolute atomic E-state index is 0.00343. The number of ether oxygens (including phenoxy) is 1. The molecular formula is C24H26ClFO5. The van der Waals surface area contributed by atoms with Crippen LogP contribution in [0.25, 0.3) is 6.08 Å². The first kappa shape index (κ1) is 23.3. The molecule has 31 heavy (non-hydrogen) atoms. The lowest BCUT2D eigenvalue weighted by atomic mass is 9.83. The SMILES string of the molecule is COC(=O)[C@@H](C)[C@H](c1ccc(/C=C/C(O)c2ccc(Cl)c(CO)c2F)c(O)c1)C1CC1. The molecule has 0 spiro atoms. The first-order chi connectivity index (χ1) is 14.8. The highest BCUT2D eigenvalue weighted by molar-refractivity contribution is 6.31. The van der Waals surface area contributed by atoms with E-state index in [4.69, 9.17) is 16.3 Å². The third kappa shape index (κ3) is 5.09. The average molecular weight is 449 g/mol. The maximum Gasteiger partial charge on any atom is 0.309 e. The van der Waals surface area contributed by atoms with Crippen LogP contribution in [-0.2, 0) is 16.1 Å². The molecule has 1 fully saturated rings. The second kappa shape index (κ2) is 9.81. The number of benzene rings is 2. The zero-order valence-electron chi connectivity index (χ0n) is 17.4. The Morgan fingerprint density at radius 1 is 1.32 bits per heavy atom. The molecule has 0 heterocycles. The molecule has 166 valence electrons. The van der Waals surface area contributed by atoms with Gasteiger partial charge in [-0.2, -0.15) is 0 Å². The first-order valence-corrected chi connectivity index (χ1v) is 10.5. The summed E-state index contributed by atoms with van der Waals surface area (Å²) in [6.45, 7) is 1.25. The quantitative estimate of drug-likeness (QED) is 0.508. The van der Waals surface area contributed by atoms with Crippen LogP contribution in [-0.4, -0.2) is 28.4 Å². The van der Waals surface area contributed by atoms with Crippen molar-refractivity contribution in [2.45, 2.75) is 38.4 Å². The minimum atomic E-state index is -1.29. The lowest BCUT2D eigenvalue weighted by Crippen LogP contribution is -2.22. The number of aliphatic hydroxyl groups is 2. The van der Waals surface area contributed by atoms with Crippen molar-refractivity contribution in [1.29, 1.82) is 0 Å². The maximum atomic E-state index is 14.5. The molecule has 2 aromatic rings. The highest BCUT2D eigenvalue weighted by Crippen LogP contribution is 2.47. The molecule has 1 aliphatic rings. The lowest BCUT2D eigenvalue weighted by Gasteiger charge is -2.23. The van der Waals surface area contributed by atoms with Gasteiger partial charge >= 0.3 is 5.97 Å². The van der Waals surface area contributed by atoms with Crippen molar-refractivity contribution < 1.29 is 29.2 Å². The van der Waals surface area contributed by atoms with Crippen LogP contribution in [0.4, 0.5) is 4.39 Å². The summed E-state index contributed by atoms with van der Waals surface area (Å²) in [5, 5.41) is 30.2. The van der Waals surface area contributed by atoms with E-state index in [1.165, 1.54) is 31.4 Å². The highest BCUT2D eigenvalue weighted by atomic mass is 35.5. The lowest BCUT2D eigenvalue weighted by molar-refractivity contribution is -0.145. The van der Waals surface area contributed by atoms with E-state index in [0.29, 0.717) is 11.5 Å². The van der Waals surface area contributed by atoms with Gasteiger partial charge in [0.15, 0.2) is 0 Å². The Bertz CT molecular complexity index is 986. The molecule has 0 amide bonds. The molecule has 0 bridgehead atoms. The third-order valence-corrected chi connectivity index (χ3v) is 6.19.